The Labute approximate surface area is 64.2 Å². The third-order valence-corrected chi connectivity index (χ3v) is 1.50. The molecule has 0 saturated carbocycles. The summed E-state index contributed by atoms with van der Waals surface area (Å²) < 4.78 is 21.8. The molecule has 0 unspecified atom stereocenters. The molecule has 0 bridgehead atoms. The summed E-state index contributed by atoms with van der Waals surface area (Å²) in [5.74, 6) is 0. The third kappa shape index (κ3) is 9.50. The van der Waals surface area contributed by atoms with E-state index in [0.717, 1.165) is 0 Å². The maximum atomic E-state index is 9.29. The van der Waals surface area contributed by atoms with Gasteiger partial charge in [-0.3, -0.25) is 0 Å². The molecule has 0 fully saturated rings. The molecule has 0 saturated heterocycles. The number of rotatable bonds is 2. The molecule has 5 nitrogen and oxygen atoms in total. The second kappa shape index (κ2) is 5.34. The predicted molar refractivity (Wildman–Crippen MR) is 19.7 cm³/mol. The van der Waals surface area contributed by atoms with E-state index in [0.29, 0.717) is 0 Å². The van der Waals surface area contributed by atoms with Crippen molar-refractivity contribution in [2.24, 2.45) is 0 Å². The van der Waals surface area contributed by atoms with Crippen LogP contribution in [0.15, 0.2) is 0 Å². The quantitative estimate of drug-likeness (QED) is 0.386. The van der Waals surface area contributed by atoms with E-state index in [-0.39, 0.29) is 23.1 Å². The van der Waals surface area contributed by atoms with Gasteiger partial charge in [-0.15, -0.1) is 0 Å². The molecule has 8 heteroatoms. The van der Waals surface area contributed by atoms with E-state index < -0.39 is 18.3 Å². The van der Waals surface area contributed by atoms with E-state index in [1.165, 1.54) is 0 Å². The van der Waals surface area contributed by atoms with Crippen LogP contribution in [0.3, 0.4) is 0 Å². The summed E-state index contributed by atoms with van der Waals surface area (Å²) in [5.41, 5.74) is 0. The fraction of sp³-hybridized carbons (Fsp3) is 0. The number of hydrogen-bond acceptors (Lipinski definition) is 5. The fourth-order valence-corrected chi connectivity index (χ4v) is 0.612. The number of hydrogen-bond donors (Lipinski definition) is 0. The maximum Gasteiger partial charge on any atom is 2.00 e. The Balaban J connectivity index is 0. The molecule has 8 heavy (non-hydrogen) atoms. The first-order chi connectivity index (χ1) is 3.13. The van der Waals surface area contributed by atoms with Crippen LogP contribution in [0.1, 0.15) is 0 Å². The van der Waals surface area contributed by atoms with Crippen LogP contribution in [0.5, 0.6) is 0 Å². The van der Waals surface area contributed by atoms with Crippen LogP contribution in [0.4, 0.5) is 0 Å². The average Bonchev–Trinajstić information content (AvgIpc) is 1.27. The van der Waals surface area contributed by atoms with E-state index in [1.54, 1.807) is 0 Å². The molecule has 0 aliphatic carbocycles. The molecule has 0 rings (SSSR count). The minimum Gasteiger partial charge on any atom is -0.570 e. The largest absolute Gasteiger partial charge is 2.00 e. The second-order valence-electron chi connectivity index (χ2n) is 0.602. The first-order valence-corrected chi connectivity index (χ1v) is 3.67. The molecule has 0 aromatic carbocycles. The smallest absolute Gasteiger partial charge is 0.570 e. The van der Waals surface area contributed by atoms with Gasteiger partial charge in [0.1, 0.15) is 0 Å². The SMILES string of the molecule is O=[Si]([O-])O[Si](=O)[O-].[Mg+2]. The zero-order chi connectivity index (χ0) is 5.86. The van der Waals surface area contributed by atoms with Gasteiger partial charge in [-0.25, -0.2) is 0 Å². The average molecular weight is 160 g/mol. The summed E-state index contributed by atoms with van der Waals surface area (Å²) >= 11 is 0. The summed E-state index contributed by atoms with van der Waals surface area (Å²) in [5, 5.41) is 0. The standard InChI is InChI=1S/Mg.O5Si2/c;1-6(2)5-7(3)4/q+2;-2. The molecule has 0 aromatic heterocycles. The monoisotopic (exact) mass is 160 g/mol. The summed E-state index contributed by atoms with van der Waals surface area (Å²) in [7, 11) is -7.03. The topological polar surface area (TPSA) is 89.5 Å². The van der Waals surface area contributed by atoms with Crippen LogP contribution in [-0.4, -0.2) is 41.4 Å². The van der Waals surface area contributed by atoms with Crippen molar-refractivity contribution in [3.63, 3.8) is 0 Å². The van der Waals surface area contributed by atoms with Gasteiger partial charge in [0, 0.05) is 0 Å². The van der Waals surface area contributed by atoms with Gasteiger partial charge >= 0.3 is 41.4 Å². The van der Waals surface area contributed by atoms with Gasteiger partial charge in [-0.1, -0.05) is 0 Å². The van der Waals surface area contributed by atoms with Gasteiger partial charge in [-0.05, 0) is 0 Å². The molecule has 0 aliphatic rings. The van der Waals surface area contributed by atoms with Crippen molar-refractivity contribution in [2.45, 2.75) is 0 Å². The van der Waals surface area contributed by atoms with Crippen molar-refractivity contribution < 1.29 is 22.6 Å². The van der Waals surface area contributed by atoms with Gasteiger partial charge in [-0.2, -0.15) is 0 Å². The van der Waals surface area contributed by atoms with Crippen molar-refractivity contribution >= 4 is 41.4 Å². The molecule has 0 radical (unpaired) electrons. The van der Waals surface area contributed by atoms with Crippen molar-refractivity contribution in [3.8, 4) is 0 Å². The Morgan fingerprint density at radius 2 is 1.38 bits per heavy atom. The Kier molecular flexibility index (Phi) is 7.38. The Morgan fingerprint density at radius 3 is 1.38 bits per heavy atom. The van der Waals surface area contributed by atoms with Crippen LogP contribution in [0.25, 0.3) is 0 Å². The molecule has 0 amide bonds. The molecular formula is MgO5Si2. The Morgan fingerprint density at radius 1 is 1.12 bits per heavy atom. The molecule has 0 aromatic rings. The minimum atomic E-state index is -3.51. The second-order valence-corrected chi connectivity index (χ2v) is 2.42. The van der Waals surface area contributed by atoms with Crippen LogP contribution in [0.2, 0.25) is 0 Å². The molecule has 0 N–H and O–H groups in total. The zero-order valence-electron chi connectivity index (χ0n) is 3.75. The first kappa shape index (κ1) is 11.1. The summed E-state index contributed by atoms with van der Waals surface area (Å²) in [6.07, 6.45) is 0. The van der Waals surface area contributed by atoms with Gasteiger partial charge in [0.2, 0.25) is 0 Å². The van der Waals surface area contributed by atoms with E-state index in [4.69, 9.17) is 0 Å². The summed E-state index contributed by atoms with van der Waals surface area (Å²) in [6, 6.07) is 0. The van der Waals surface area contributed by atoms with Crippen LogP contribution in [0, 0.1) is 0 Å². The maximum absolute atomic E-state index is 9.29. The van der Waals surface area contributed by atoms with E-state index in [1.807, 2.05) is 0 Å². The summed E-state index contributed by atoms with van der Waals surface area (Å²) in [4.78, 5) is 18.6. The van der Waals surface area contributed by atoms with Gasteiger partial charge in [0.05, 0.1) is 0 Å². The minimum absolute atomic E-state index is 0. The first-order valence-electron chi connectivity index (χ1n) is 1.22. The van der Waals surface area contributed by atoms with Crippen LogP contribution >= 0.6 is 0 Å². The van der Waals surface area contributed by atoms with Gasteiger partial charge in [0.25, 0.3) is 0 Å². The predicted octanol–water partition coefficient (Wildman–Crippen LogP) is -3.83. The van der Waals surface area contributed by atoms with Crippen molar-refractivity contribution in [2.75, 3.05) is 0 Å². The fourth-order valence-electron chi connectivity index (χ4n) is 0.0680. The van der Waals surface area contributed by atoms with Gasteiger partial charge in [0.15, 0.2) is 0 Å². The zero-order valence-corrected chi connectivity index (χ0v) is 7.16. The molecular weight excluding hydrogens is 160 g/mol. The van der Waals surface area contributed by atoms with Crippen molar-refractivity contribution in [1.29, 1.82) is 0 Å². The molecule has 0 aliphatic heterocycles. The van der Waals surface area contributed by atoms with Crippen LogP contribution in [-0.2, 0) is 13.0 Å². The van der Waals surface area contributed by atoms with E-state index >= 15 is 0 Å². The molecule has 0 atom stereocenters. The normalized spacial score (nSPS) is 6.50. The van der Waals surface area contributed by atoms with E-state index in [2.05, 4.69) is 4.12 Å². The Hall–Kier alpha value is 0.200. The van der Waals surface area contributed by atoms with Crippen molar-refractivity contribution in [1.82, 2.24) is 0 Å². The van der Waals surface area contributed by atoms with Crippen LogP contribution < -0.4 is 9.59 Å². The molecule has 0 heterocycles. The Bertz CT molecular complexity index is 86.6. The third-order valence-electron chi connectivity index (χ3n) is 0.167. The van der Waals surface area contributed by atoms with E-state index in [9.17, 15) is 18.5 Å². The summed E-state index contributed by atoms with van der Waals surface area (Å²) in [6.45, 7) is 0. The molecule has 0 spiro atoms. The molecule has 40 valence electrons. The van der Waals surface area contributed by atoms with Gasteiger partial charge < -0.3 is 22.6 Å². The van der Waals surface area contributed by atoms with Crippen molar-refractivity contribution in [3.05, 3.63) is 0 Å².